The molecular formula is C13H15NO2. The zero-order valence-electron chi connectivity index (χ0n) is 9.23. The Morgan fingerprint density at radius 1 is 1.38 bits per heavy atom. The lowest BCUT2D eigenvalue weighted by Gasteiger charge is -2.03. The second-order valence-electron chi connectivity index (χ2n) is 3.81. The number of furan rings is 1. The van der Waals surface area contributed by atoms with E-state index in [1.807, 2.05) is 18.2 Å². The fourth-order valence-electron chi connectivity index (χ4n) is 1.82. The Bertz CT molecular complexity index is 469. The van der Waals surface area contributed by atoms with Crippen molar-refractivity contribution in [3.8, 4) is 16.9 Å². The van der Waals surface area contributed by atoms with Crippen molar-refractivity contribution in [3.05, 3.63) is 36.1 Å². The van der Waals surface area contributed by atoms with Crippen molar-refractivity contribution in [1.82, 2.24) is 0 Å². The summed E-state index contributed by atoms with van der Waals surface area (Å²) in [6, 6.07) is 7.98. The molecule has 2 rings (SSSR count). The van der Waals surface area contributed by atoms with Crippen molar-refractivity contribution in [2.75, 3.05) is 5.73 Å². The van der Waals surface area contributed by atoms with Gasteiger partial charge < -0.3 is 15.3 Å². The van der Waals surface area contributed by atoms with Crippen LogP contribution in [0, 0.1) is 0 Å². The van der Waals surface area contributed by atoms with Gasteiger partial charge in [0.1, 0.15) is 6.26 Å². The van der Waals surface area contributed by atoms with Gasteiger partial charge in [0, 0.05) is 0 Å². The minimum Gasteiger partial charge on any atom is -0.504 e. The van der Waals surface area contributed by atoms with Gasteiger partial charge in [-0.15, -0.1) is 0 Å². The number of anilines is 1. The highest BCUT2D eigenvalue weighted by molar-refractivity contribution is 5.78. The van der Waals surface area contributed by atoms with Crippen molar-refractivity contribution in [2.24, 2.45) is 0 Å². The molecule has 0 atom stereocenters. The Morgan fingerprint density at radius 3 is 2.81 bits per heavy atom. The van der Waals surface area contributed by atoms with E-state index >= 15 is 0 Å². The summed E-state index contributed by atoms with van der Waals surface area (Å²) in [6.45, 7) is 2.14. The van der Waals surface area contributed by atoms with Gasteiger partial charge in [0.25, 0.3) is 0 Å². The van der Waals surface area contributed by atoms with E-state index in [4.69, 9.17) is 10.2 Å². The fraction of sp³-hybridized carbons (Fsp3) is 0.231. The van der Waals surface area contributed by atoms with E-state index in [-0.39, 0.29) is 11.6 Å². The first kappa shape index (κ1) is 10.6. The molecule has 1 aromatic carbocycles. The molecule has 0 bridgehead atoms. The number of hydrogen-bond donors (Lipinski definition) is 2. The number of aryl methyl sites for hydroxylation is 1. The van der Waals surface area contributed by atoms with Crippen LogP contribution in [0.4, 0.5) is 5.88 Å². The third kappa shape index (κ3) is 1.89. The van der Waals surface area contributed by atoms with Crippen molar-refractivity contribution < 1.29 is 9.52 Å². The van der Waals surface area contributed by atoms with Gasteiger partial charge in [0.05, 0.1) is 5.56 Å². The van der Waals surface area contributed by atoms with E-state index in [9.17, 15) is 5.11 Å². The highest BCUT2D eigenvalue weighted by atomic mass is 16.4. The summed E-state index contributed by atoms with van der Waals surface area (Å²) in [5.41, 5.74) is 8.39. The summed E-state index contributed by atoms with van der Waals surface area (Å²) < 4.78 is 4.98. The maximum atomic E-state index is 9.63. The van der Waals surface area contributed by atoms with E-state index < -0.39 is 0 Å². The van der Waals surface area contributed by atoms with Crippen LogP contribution in [0.3, 0.4) is 0 Å². The van der Waals surface area contributed by atoms with Gasteiger partial charge >= 0.3 is 0 Å². The summed E-state index contributed by atoms with van der Waals surface area (Å²) in [5.74, 6) is 0.345. The maximum absolute atomic E-state index is 9.63. The van der Waals surface area contributed by atoms with Crippen molar-refractivity contribution in [3.63, 3.8) is 0 Å². The molecule has 0 amide bonds. The molecule has 3 nitrogen and oxygen atoms in total. The zero-order chi connectivity index (χ0) is 11.5. The third-order valence-electron chi connectivity index (χ3n) is 2.55. The summed E-state index contributed by atoms with van der Waals surface area (Å²) >= 11 is 0. The van der Waals surface area contributed by atoms with Crippen LogP contribution in [-0.4, -0.2) is 5.11 Å². The van der Waals surface area contributed by atoms with Crippen LogP contribution in [0.5, 0.6) is 5.75 Å². The van der Waals surface area contributed by atoms with Gasteiger partial charge in [0.2, 0.25) is 5.88 Å². The number of benzene rings is 1. The molecule has 16 heavy (non-hydrogen) atoms. The van der Waals surface area contributed by atoms with E-state index in [1.165, 1.54) is 11.8 Å². The third-order valence-corrected chi connectivity index (χ3v) is 2.55. The van der Waals surface area contributed by atoms with Gasteiger partial charge in [-0.1, -0.05) is 37.6 Å². The predicted molar refractivity (Wildman–Crippen MR) is 64.2 cm³/mol. The van der Waals surface area contributed by atoms with Gasteiger partial charge in [-0.25, -0.2) is 0 Å². The van der Waals surface area contributed by atoms with Gasteiger partial charge in [-0.05, 0) is 17.5 Å². The average Bonchev–Trinajstić information content (AvgIpc) is 2.59. The average molecular weight is 217 g/mol. The summed E-state index contributed by atoms with van der Waals surface area (Å²) in [5, 5.41) is 9.63. The minimum atomic E-state index is 0.0890. The Hall–Kier alpha value is -1.90. The van der Waals surface area contributed by atoms with E-state index in [0.29, 0.717) is 5.56 Å². The Kier molecular flexibility index (Phi) is 2.86. The van der Waals surface area contributed by atoms with E-state index in [2.05, 4.69) is 13.0 Å². The Balaban J connectivity index is 2.44. The molecule has 0 saturated heterocycles. The maximum Gasteiger partial charge on any atom is 0.201 e. The first-order chi connectivity index (χ1) is 7.72. The largest absolute Gasteiger partial charge is 0.504 e. The van der Waals surface area contributed by atoms with Crippen LogP contribution < -0.4 is 5.73 Å². The molecule has 0 aliphatic heterocycles. The fourth-order valence-corrected chi connectivity index (χ4v) is 1.82. The van der Waals surface area contributed by atoms with Crippen molar-refractivity contribution >= 4 is 5.88 Å². The highest BCUT2D eigenvalue weighted by Gasteiger charge is 2.12. The first-order valence-corrected chi connectivity index (χ1v) is 5.37. The van der Waals surface area contributed by atoms with Crippen LogP contribution in [0.25, 0.3) is 11.1 Å². The van der Waals surface area contributed by atoms with Gasteiger partial charge in [-0.2, -0.15) is 0 Å². The number of rotatable bonds is 3. The smallest absolute Gasteiger partial charge is 0.201 e. The quantitative estimate of drug-likeness (QED) is 0.830. The van der Waals surface area contributed by atoms with E-state index in [1.54, 1.807) is 0 Å². The molecule has 3 N–H and O–H groups in total. The molecule has 0 radical (unpaired) electrons. The molecule has 84 valence electrons. The number of nitrogen functional groups attached to an aromatic ring is 1. The predicted octanol–water partition coefficient (Wildman–Crippen LogP) is 3.19. The monoisotopic (exact) mass is 217 g/mol. The summed E-state index contributed by atoms with van der Waals surface area (Å²) in [6.07, 6.45) is 3.37. The van der Waals surface area contributed by atoms with Crippen molar-refractivity contribution in [1.29, 1.82) is 0 Å². The minimum absolute atomic E-state index is 0.0890. The van der Waals surface area contributed by atoms with Crippen molar-refractivity contribution in [2.45, 2.75) is 19.8 Å². The first-order valence-electron chi connectivity index (χ1n) is 5.37. The number of aromatic hydroxyl groups is 1. The van der Waals surface area contributed by atoms with Crippen LogP contribution in [0.2, 0.25) is 0 Å². The lowest BCUT2D eigenvalue weighted by Crippen LogP contribution is -1.88. The van der Waals surface area contributed by atoms with Crippen LogP contribution >= 0.6 is 0 Å². The van der Waals surface area contributed by atoms with Gasteiger partial charge in [0.15, 0.2) is 5.75 Å². The molecule has 0 aliphatic rings. The van der Waals surface area contributed by atoms with Crippen LogP contribution in [-0.2, 0) is 6.42 Å². The molecule has 0 spiro atoms. The second kappa shape index (κ2) is 4.31. The zero-order valence-corrected chi connectivity index (χ0v) is 9.23. The lowest BCUT2D eigenvalue weighted by atomic mass is 10.0. The van der Waals surface area contributed by atoms with E-state index in [0.717, 1.165) is 18.4 Å². The number of nitrogens with two attached hydrogens (primary N) is 1. The molecule has 0 unspecified atom stereocenters. The lowest BCUT2D eigenvalue weighted by molar-refractivity contribution is 0.461. The molecule has 0 fully saturated rings. The Labute approximate surface area is 94.5 Å². The molecule has 0 aliphatic carbocycles. The topological polar surface area (TPSA) is 59.4 Å². The molecular weight excluding hydrogens is 202 g/mol. The molecule has 1 aromatic heterocycles. The van der Waals surface area contributed by atoms with Crippen LogP contribution in [0.15, 0.2) is 34.9 Å². The Morgan fingerprint density at radius 2 is 2.19 bits per heavy atom. The number of hydrogen-bond acceptors (Lipinski definition) is 3. The van der Waals surface area contributed by atoms with Crippen LogP contribution in [0.1, 0.15) is 18.9 Å². The molecule has 1 heterocycles. The summed E-state index contributed by atoms with van der Waals surface area (Å²) in [4.78, 5) is 0. The summed E-state index contributed by atoms with van der Waals surface area (Å²) in [7, 11) is 0. The highest BCUT2D eigenvalue weighted by Crippen LogP contribution is 2.36. The van der Waals surface area contributed by atoms with Gasteiger partial charge in [-0.3, -0.25) is 0 Å². The normalized spacial score (nSPS) is 10.6. The standard InChI is InChI=1S/C13H15NO2/c1-2-4-9-5-3-6-10(7-9)12-11(15)8-16-13(12)14/h3,5-8,15H,2,4,14H2,1H3. The molecule has 3 heteroatoms. The second-order valence-corrected chi connectivity index (χ2v) is 3.81. The molecule has 0 saturated carbocycles. The molecule has 2 aromatic rings. The SMILES string of the molecule is CCCc1cccc(-c2c(O)coc2N)c1.